The van der Waals surface area contributed by atoms with E-state index < -0.39 is 10.5 Å². The van der Waals surface area contributed by atoms with Crippen LogP contribution in [0.1, 0.15) is 64.8 Å². The summed E-state index contributed by atoms with van der Waals surface area (Å²) in [7, 11) is 1.45. The summed E-state index contributed by atoms with van der Waals surface area (Å²) in [6.45, 7) is 9.09. The smallest absolute Gasteiger partial charge is 0.373 e. The number of aromatic nitrogens is 2. The van der Waals surface area contributed by atoms with Crippen LogP contribution in [0.5, 0.6) is 17.4 Å². The molecular formula is C22H31BrN4O5. The molecule has 2 aromatic rings. The van der Waals surface area contributed by atoms with E-state index >= 15 is 0 Å². The predicted molar refractivity (Wildman–Crippen MR) is 127 cm³/mol. The van der Waals surface area contributed by atoms with Crippen LogP contribution in [0, 0.1) is 17.0 Å². The minimum absolute atomic E-state index is 0.0539. The maximum Gasteiger partial charge on any atom is 0.373 e. The van der Waals surface area contributed by atoms with Crippen molar-refractivity contribution < 1.29 is 19.5 Å². The summed E-state index contributed by atoms with van der Waals surface area (Å²) in [5, 5.41) is 25.6. The van der Waals surface area contributed by atoms with Gasteiger partial charge in [-0.15, -0.1) is 0 Å². The molecule has 0 aliphatic carbocycles. The molecule has 0 unspecified atom stereocenters. The van der Waals surface area contributed by atoms with E-state index in [4.69, 9.17) is 9.47 Å². The van der Waals surface area contributed by atoms with Crippen molar-refractivity contribution in [2.75, 3.05) is 12.4 Å². The molecule has 0 amide bonds. The second kappa shape index (κ2) is 10.9. The van der Waals surface area contributed by atoms with Crippen molar-refractivity contribution in [1.82, 2.24) is 9.97 Å². The SMILES string of the molecule is CCCC(CCC)Nc1nc(C)nc(Oc2c(Br)cc(C(C)(C)O)cc2OC)c1[N+](=O)[O-]. The molecule has 0 atom stereocenters. The zero-order valence-corrected chi connectivity index (χ0v) is 20.9. The van der Waals surface area contributed by atoms with Crippen molar-refractivity contribution in [2.24, 2.45) is 0 Å². The van der Waals surface area contributed by atoms with Crippen molar-refractivity contribution in [1.29, 1.82) is 0 Å². The van der Waals surface area contributed by atoms with Crippen LogP contribution in [-0.4, -0.2) is 33.1 Å². The Hall–Kier alpha value is -2.46. The molecule has 9 nitrogen and oxygen atoms in total. The molecule has 0 bridgehead atoms. The van der Waals surface area contributed by atoms with E-state index in [2.05, 4.69) is 45.1 Å². The van der Waals surface area contributed by atoms with Crippen LogP contribution in [-0.2, 0) is 5.60 Å². The van der Waals surface area contributed by atoms with E-state index in [-0.39, 0.29) is 29.2 Å². The van der Waals surface area contributed by atoms with E-state index in [1.54, 1.807) is 32.9 Å². The molecule has 0 aliphatic heterocycles. The first-order chi connectivity index (χ1) is 15.0. The Bertz CT molecular complexity index is 956. The van der Waals surface area contributed by atoms with Gasteiger partial charge in [0.25, 0.3) is 0 Å². The van der Waals surface area contributed by atoms with E-state index in [1.807, 2.05) is 0 Å². The Morgan fingerprint density at radius 1 is 1.25 bits per heavy atom. The molecule has 0 saturated heterocycles. The van der Waals surface area contributed by atoms with Crippen LogP contribution >= 0.6 is 15.9 Å². The summed E-state index contributed by atoms with van der Waals surface area (Å²) in [5.74, 6) is 0.792. The molecule has 10 heteroatoms. The van der Waals surface area contributed by atoms with E-state index in [9.17, 15) is 15.2 Å². The number of benzene rings is 1. The summed E-state index contributed by atoms with van der Waals surface area (Å²) >= 11 is 3.42. The van der Waals surface area contributed by atoms with Gasteiger partial charge in [-0.2, -0.15) is 4.98 Å². The predicted octanol–water partition coefficient (Wildman–Crippen LogP) is 5.86. The quantitative estimate of drug-likeness (QED) is 0.284. The van der Waals surface area contributed by atoms with E-state index in [0.29, 0.717) is 21.6 Å². The van der Waals surface area contributed by atoms with Crippen molar-refractivity contribution in [2.45, 2.75) is 71.9 Å². The highest BCUT2D eigenvalue weighted by molar-refractivity contribution is 9.10. The molecule has 32 heavy (non-hydrogen) atoms. The van der Waals surface area contributed by atoms with Gasteiger partial charge in [0.05, 0.1) is 22.1 Å². The molecule has 0 spiro atoms. The zero-order chi connectivity index (χ0) is 24.1. The van der Waals surface area contributed by atoms with Crippen LogP contribution in [0.15, 0.2) is 16.6 Å². The number of methoxy groups -OCH3 is 1. The lowest BCUT2D eigenvalue weighted by Crippen LogP contribution is -2.21. The highest BCUT2D eigenvalue weighted by Gasteiger charge is 2.30. The van der Waals surface area contributed by atoms with Gasteiger partial charge in [0.1, 0.15) is 5.82 Å². The molecule has 0 radical (unpaired) electrons. The Morgan fingerprint density at radius 2 is 1.88 bits per heavy atom. The Kier molecular flexibility index (Phi) is 8.80. The number of nitro groups is 1. The number of aryl methyl sites for hydroxylation is 1. The van der Waals surface area contributed by atoms with Gasteiger partial charge in [0.15, 0.2) is 11.5 Å². The lowest BCUT2D eigenvalue weighted by molar-refractivity contribution is -0.385. The summed E-state index contributed by atoms with van der Waals surface area (Å²) < 4.78 is 11.8. The maximum atomic E-state index is 12.0. The maximum absolute atomic E-state index is 12.0. The summed E-state index contributed by atoms with van der Waals surface area (Å²) in [4.78, 5) is 19.9. The van der Waals surface area contributed by atoms with Gasteiger partial charge < -0.3 is 19.9 Å². The van der Waals surface area contributed by atoms with Crippen LogP contribution < -0.4 is 14.8 Å². The third kappa shape index (κ3) is 6.29. The highest BCUT2D eigenvalue weighted by atomic mass is 79.9. The van der Waals surface area contributed by atoms with Crippen LogP contribution in [0.4, 0.5) is 11.5 Å². The fraction of sp³-hybridized carbons (Fsp3) is 0.545. The Balaban J connectivity index is 2.57. The molecule has 1 heterocycles. The van der Waals surface area contributed by atoms with Gasteiger partial charge in [-0.25, -0.2) is 4.98 Å². The molecule has 2 rings (SSSR count). The minimum atomic E-state index is -1.11. The number of ether oxygens (including phenoxy) is 2. The molecule has 1 aromatic carbocycles. The first-order valence-corrected chi connectivity index (χ1v) is 11.4. The third-order valence-electron chi connectivity index (χ3n) is 4.90. The van der Waals surface area contributed by atoms with Gasteiger partial charge in [-0.3, -0.25) is 10.1 Å². The standard InChI is InChI=1S/C22H31BrN4O5/c1-7-9-15(10-8-2)26-20-18(27(29)30)21(25-13(3)24-20)32-19-16(23)11-14(22(4,5)28)12-17(19)31-6/h11-12,15,28H,7-10H2,1-6H3,(H,24,25,26). The first kappa shape index (κ1) is 25.8. The summed E-state index contributed by atoms with van der Waals surface area (Å²) in [6, 6.07) is 3.35. The summed E-state index contributed by atoms with van der Waals surface area (Å²) in [5.41, 5.74) is -0.865. The van der Waals surface area contributed by atoms with E-state index in [0.717, 1.165) is 25.7 Å². The van der Waals surface area contributed by atoms with Crippen molar-refractivity contribution in [3.8, 4) is 17.4 Å². The van der Waals surface area contributed by atoms with Crippen LogP contribution in [0.25, 0.3) is 0 Å². The number of hydrogen-bond acceptors (Lipinski definition) is 8. The molecule has 0 aliphatic rings. The fourth-order valence-corrected chi connectivity index (χ4v) is 3.85. The number of halogens is 1. The lowest BCUT2D eigenvalue weighted by atomic mass is 9.98. The van der Waals surface area contributed by atoms with Crippen LogP contribution in [0.3, 0.4) is 0 Å². The monoisotopic (exact) mass is 510 g/mol. The van der Waals surface area contributed by atoms with Gasteiger partial charge >= 0.3 is 11.6 Å². The number of nitrogens with zero attached hydrogens (tertiary/aromatic N) is 3. The normalized spacial score (nSPS) is 11.5. The summed E-state index contributed by atoms with van der Waals surface area (Å²) in [6.07, 6.45) is 3.61. The van der Waals surface area contributed by atoms with E-state index in [1.165, 1.54) is 7.11 Å². The number of nitrogens with one attached hydrogen (secondary N) is 1. The zero-order valence-electron chi connectivity index (χ0n) is 19.4. The molecule has 1 aromatic heterocycles. The number of anilines is 1. The lowest BCUT2D eigenvalue weighted by Gasteiger charge is -2.21. The average Bonchev–Trinajstić information content (AvgIpc) is 2.68. The fourth-order valence-electron chi connectivity index (χ4n) is 3.33. The molecular weight excluding hydrogens is 480 g/mol. The molecule has 176 valence electrons. The number of aliphatic hydroxyl groups is 1. The van der Waals surface area contributed by atoms with Crippen molar-refractivity contribution in [3.05, 3.63) is 38.1 Å². The second-order valence-electron chi connectivity index (χ2n) is 8.10. The van der Waals surface area contributed by atoms with Gasteiger partial charge in [0, 0.05) is 6.04 Å². The minimum Gasteiger partial charge on any atom is -0.493 e. The third-order valence-corrected chi connectivity index (χ3v) is 5.49. The second-order valence-corrected chi connectivity index (χ2v) is 8.95. The molecule has 0 saturated carbocycles. The molecule has 2 N–H and O–H groups in total. The first-order valence-electron chi connectivity index (χ1n) is 10.6. The van der Waals surface area contributed by atoms with Gasteiger partial charge in [-0.05, 0) is 67.2 Å². The van der Waals surface area contributed by atoms with Gasteiger partial charge in [-0.1, -0.05) is 26.7 Å². The number of hydrogen-bond donors (Lipinski definition) is 2. The Labute approximate surface area is 196 Å². The topological polar surface area (TPSA) is 120 Å². The molecule has 0 fully saturated rings. The average molecular weight is 511 g/mol. The highest BCUT2D eigenvalue weighted by Crippen LogP contribution is 2.44. The number of rotatable bonds is 11. The Morgan fingerprint density at radius 3 is 2.38 bits per heavy atom. The van der Waals surface area contributed by atoms with Crippen molar-refractivity contribution >= 4 is 27.4 Å². The van der Waals surface area contributed by atoms with Crippen molar-refractivity contribution in [3.63, 3.8) is 0 Å². The van der Waals surface area contributed by atoms with Gasteiger partial charge in [0.2, 0.25) is 5.82 Å². The largest absolute Gasteiger partial charge is 0.493 e. The van der Waals surface area contributed by atoms with Crippen LogP contribution in [0.2, 0.25) is 0 Å².